The van der Waals surface area contributed by atoms with Gasteiger partial charge >= 0.3 is 5.97 Å². The Kier molecular flexibility index (Phi) is 4.08. The van der Waals surface area contributed by atoms with E-state index in [1.54, 1.807) is 6.07 Å². The molecule has 1 aromatic carbocycles. The number of aliphatic carboxylic acids is 1. The van der Waals surface area contributed by atoms with Crippen LogP contribution in [0.25, 0.3) is 6.08 Å². The van der Waals surface area contributed by atoms with Gasteiger partial charge in [-0.1, -0.05) is 17.7 Å². The fourth-order valence-corrected chi connectivity index (χ4v) is 1.26. The van der Waals surface area contributed by atoms with Crippen molar-refractivity contribution in [3.63, 3.8) is 0 Å². The molecule has 0 bridgehead atoms. The van der Waals surface area contributed by atoms with Gasteiger partial charge in [0.15, 0.2) is 0 Å². The van der Waals surface area contributed by atoms with Crippen LogP contribution >= 0.6 is 11.6 Å². The van der Waals surface area contributed by atoms with Gasteiger partial charge in [-0.2, -0.15) is 0 Å². The first-order valence-electron chi connectivity index (χ1n) is 4.36. The standard InChI is InChI=1S/C11H9ClO4/c1-7(13)16-9-4-2-8(10(12)6-9)3-5-11(14)15/h2-6H,1H3,(H,14,15)/p-1/b5-3+. The Hall–Kier alpha value is -1.81. The van der Waals surface area contributed by atoms with Gasteiger partial charge in [0.1, 0.15) is 5.75 Å². The normalized spacial score (nSPS) is 10.4. The molecule has 16 heavy (non-hydrogen) atoms. The van der Waals surface area contributed by atoms with Gasteiger partial charge in [-0.15, -0.1) is 0 Å². The zero-order valence-corrected chi connectivity index (χ0v) is 9.15. The summed E-state index contributed by atoms with van der Waals surface area (Å²) in [6.07, 6.45) is 2.17. The Morgan fingerprint density at radius 3 is 2.62 bits per heavy atom. The van der Waals surface area contributed by atoms with Crippen molar-refractivity contribution in [2.45, 2.75) is 6.92 Å². The van der Waals surface area contributed by atoms with Crippen molar-refractivity contribution >= 4 is 29.6 Å². The molecule has 1 rings (SSSR count). The van der Waals surface area contributed by atoms with Crippen LogP contribution in [-0.4, -0.2) is 11.9 Å². The second-order valence-corrected chi connectivity index (χ2v) is 3.34. The number of carbonyl (C=O) groups is 2. The lowest BCUT2D eigenvalue weighted by Crippen LogP contribution is -2.18. The van der Waals surface area contributed by atoms with E-state index >= 15 is 0 Å². The number of benzene rings is 1. The predicted molar refractivity (Wildman–Crippen MR) is 56.8 cm³/mol. The fourth-order valence-electron chi connectivity index (χ4n) is 1.03. The van der Waals surface area contributed by atoms with E-state index in [0.717, 1.165) is 6.08 Å². The van der Waals surface area contributed by atoms with Crippen LogP contribution in [0.3, 0.4) is 0 Å². The Labute approximate surface area is 97.1 Å². The first kappa shape index (κ1) is 12.3. The number of esters is 1. The van der Waals surface area contributed by atoms with Crippen molar-refractivity contribution in [3.05, 3.63) is 34.9 Å². The second-order valence-electron chi connectivity index (χ2n) is 2.93. The molecule has 0 aliphatic heterocycles. The summed E-state index contributed by atoms with van der Waals surface area (Å²) >= 11 is 5.84. The monoisotopic (exact) mass is 239 g/mol. The lowest BCUT2D eigenvalue weighted by atomic mass is 10.2. The Morgan fingerprint density at radius 1 is 1.44 bits per heavy atom. The molecule has 0 radical (unpaired) electrons. The zero-order chi connectivity index (χ0) is 12.1. The minimum atomic E-state index is -1.31. The van der Waals surface area contributed by atoms with Crippen molar-refractivity contribution in [3.8, 4) is 5.75 Å². The molecule has 0 spiro atoms. The maximum absolute atomic E-state index is 10.7. The number of hydrogen-bond acceptors (Lipinski definition) is 4. The van der Waals surface area contributed by atoms with Crippen LogP contribution < -0.4 is 9.84 Å². The van der Waals surface area contributed by atoms with Gasteiger partial charge in [-0.3, -0.25) is 4.79 Å². The molecule has 0 fully saturated rings. The Morgan fingerprint density at radius 2 is 2.12 bits per heavy atom. The number of halogens is 1. The van der Waals surface area contributed by atoms with Crippen LogP contribution in [0.5, 0.6) is 5.75 Å². The zero-order valence-electron chi connectivity index (χ0n) is 8.40. The summed E-state index contributed by atoms with van der Waals surface area (Å²) in [7, 11) is 0. The molecule has 0 saturated heterocycles. The van der Waals surface area contributed by atoms with Gasteiger partial charge in [-0.05, 0) is 23.8 Å². The van der Waals surface area contributed by atoms with Crippen molar-refractivity contribution in [2.75, 3.05) is 0 Å². The Balaban J connectivity index is 2.91. The van der Waals surface area contributed by atoms with Gasteiger partial charge in [0.2, 0.25) is 0 Å². The van der Waals surface area contributed by atoms with Crippen molar-refractivity contribution in [1.29, 1.82) is 0 Å². The van der Waals surface area contributed by atoms with Crippen molar-refractivity contribution in [2.24, 2.45) is 0 Å². The van der Waals surface area contributed by atoms with E-state index in [0.29, 0.717) is 11.3 Å². The molecule has 84 valence electrons. The van der Waals surface area contributed by atoms with Gasteiger partial charge < -0.3 is 14.6 Å². The molecule has 0 saturated carbocycles. The van der Waals surface area contributed by atoms with E-state index < -0.39 is 11.9 Å². The van der Waals surface area contributed by atoms with Crippen LogP contribution in [0.15, 0.2) is 24.3 Å². The molecular formula is C11H8ClO4-. The minimum Gasteiger partial charge on any atom is -0.545 e. The fraction of sp³-hybridized carbons (Fsp3) is 0.0909. The largest absolute Gasteiger partial charge is 0.545 e. The number of carboxylic acid groups (broad SMARTS) is 1. The Bertz CT molecular complexity index is 451. The maximum atomic E-state index is 10.7. The molecule has 0 aliphatic rings. The maximum Gasteiger partial charge on any atom is 0.308 e. The third-order valence-electron chi connectivity index (χ3n) is 1.63. The highest BCUT2D eigenvalue weighted by atomic mass is 35.5. The SMILES string of the molecule is CC(=O)Oc1ccc(/C=C/C(=O)[O-])c(Cl)c1. The molecule has 0 N–H and O–H groups in total. The van der Waals surface area contributed by atoms with Crippen LogP contribution in [0, 0.1) is 0 Å². The number of carboxylic acids is 1. The lowest BCUT2D eigenvalue weighted by molar-refractivity contribution is -0.297. The van der Waals surface area contributed by atoms with Gasteiger partial charge in [-0.25, -0.2) is 0 Å². The van der Waals surface area contributed by atoms with E-state index in [1.165, 1.54) is 25.1 Å². The van der Waals surface area contributed by atoms with E-state index in [2.05, 4.69) is 0 Å². The molecule has 0 heterocycles. The molecule has 0 atom stereocenters. The molecular weight excluding hydrogens is 232 g/mol. The topological polar surface area (TPSA) is 66.4 Å². The summed E-state index contributed by atoms with van der Waals surface area (Å²) in [5, 5.41) is 10.5. The summed E-state index contributed by atoms with van der Waals surface area (Å²) in [4.78, 5) is 20.8. The highest BCUT2D eigenvalue weighted by Gasteiger charge is 2.02. The van der Waals surface area contributed by atoms with Crippen LogP contribution in [0.1, 0.15) is 12.5 Å². The van der Waals surface area contributed by atoms with Crippen molar-refractivity contribution < 1.29 is 19.4 Å². The van der Waals surface area contributed by atoms with Gasteiger partial charge in [0.25, 0.3) is 0 Å². The number of rotatable bonds is 3. The third kappa shape index (κ3) is 3.74. The average molecular weight is 240 g/mol. The summed E-state index contributed by atoms with van der Waals surface area (Å²) < 4.78 is 4.80. The summed E-state index contributed by atoms with van der Waals surface area (Å²) in [5.74, 6) is -1.45. The van der Waals surface area contributed by atoms with E-state index in [-0.39, 0.29) is 5.02 Å². The van der Waals surface area contributed by atoms with Crippen LogP contribution in [0.2, 0.25) is 5.02 Å². The van der Waals surface area contributed by atoms with Gasteiger partial charge in [0, 0.05) is 13.0 Å². The summed E-state index contributed by atoms with van der Waals surface area (Å²) in [6, 6.07) is 4.49. The van der Waals surface area contributed by atoms with Crippen LogP contribution in [-0.2, 0) is 9.59 Å². The first-order valence-corrected chi connectivity index (χ1v) is 4.74. The highest BCUT2D eigenvalue weighted by Crippen LogP contribution is 2.23. The third-order valence-corrected chi connectivity index (χ3v) is 1.96. The number of ether oxygens (including phenoxy) is 1. The first-order chi connectivity index (χ1) is 7.49. The highest BCUT2D eigenvalue weighted by molar-refractivity contribution is 6.32. The molecule has 1 aromatic rings. The molecule has 0 aliphatic carbocycles. The molecule has 4 nitrogen and oxygen atoms in total. The predicted octanol–water partition coefficient (Wildman–Crippen LogP) is 1.03. The number of carbonyl (C=O) groups excluding carboxylic acids is 2. The molecule has 0 unspecified atom stereocenters. The smallest absolute Gasteiger partial charge is 0.308 e. The molecule has 0 amide bonds. The van der Waals surface area contributed by atoms with E-state index in [4.69, 9.17) is 16.3 Å². The van der Waals surface area contributed by atoms with Crippen LogP contribution in [0.4, 0.5) is 0 Å². The van der Waals surface area contributed by atoms with E-state index in [9.17, 15) is 14.7 Å². The quantitative estimate of drug-likeness (QED) is 0.449. The lowest BCUT2D eigenvalue weighted by Gasteiger charge is -2.03. The number of hydrogen-bond donors (Lipinski definition) is 0. The second kappa shape index (κ2) is 5.32. The van der Waals surface area contributed by atoms with E-state index in [1.807, 2.05) is 0 Å². The molecule has 5 heteroatoms. The minimum absolute atomic E-state index is 0.288. The van der Waals surface area contributed by atoms with Gasteiger partial charge in [0.05, 0.1) is 11.0 Å². The average Bonchev–Trinajstić information content (AvgIpc) is 2.15. The molecule has 0 aromatic heterocycles. The van der Waals surface area contributed by atoms with Crippen molar-refractivity contribution in [1.82, 2.24) is 0 Å². The summed E-state index contributed by atoms with van der Waals surface area (Å²) in [6.45, 7) is 1.28. The summed E-state index contributed by atoms with van der Waals surface area (Å²) in [5.41, 5.74) is 0.502.